The van der Waals surface area contributed by atoms with Crippen LogP contribution in [0, 0.1) is 12.8 Å². The van der Waals surface area contributed by atoms with E-state index >= 15 is 0 Å². The van der Waals surface area contributed by atoms with Gasteiger partial charge in [-0.05, 0) is 26.0 Å². The summed E-state index contributed by atoms with van der Waals surface area (Å²) in [5.41, 5.74) is 2.58. The molecule has 0 aliphatic rings. The number of anilines is 1. The van der Waals surface area contributed by atoms with Crippen LogP contribution in [-0.2, 0) is 4.79 Å². The van der Waals surface area contributed by atoms with E-state index in [0.717, 1.165) is 17.1 Å². The Kier molecular flexibility index (Phi) is 4.17. The van der Waals surface area contributed by atoms with Gasteiger partial charge in [-0.3, -0.25) is 9.78 Å². The Hall–Kier alpha value is -2.17. The van der Waals surface area contributed by atoms with Gasteiger partial charge >= 0.3 is 0 Å². The number of carbonyl (C=O) groups is 1. The lowest BCUT2D eigenvalue weighted by atomic mass is 10.2. The quantitative estimate of drug-likeness (QED) is 0.859. The smallest absolute Gasteiger partial charge is 0.229 e. The highest BCUT2D eigenvalue weighted by Gasteiger charge is 2.21. The summed E-state index contributed by atoms with van der Waals surface area (Å²) in [6.07, 6.45) is 5.36. The fourth-order valence-electron chi connectivity index (χ4n) is 2.09. The molecule has 2 aromatic heterocycles. The molecule has 0 radical (unpaired) electrons. The first-order valence-corrected chi connectivity index (χ1v) is 6.82. The van der Waals surface area contributed by atoms with E-state index in [4.69, 9.17) is 0 Å². The fourth-order valence-corrected chi connectivity index (χ4v) is 2.09. The van der Waals surface area contributed by atoms with Crippen molar-refractivity contribution in [2.75, 3.05) is 11.4 Å². The molecule has 2 aromatic rings. The van der Waals surface area contributed by atoms with E-state index in [1.165, 1.54) is 0 Å². The van der Waals surface area contributed by atoms with E-state index in [-0.39, 0.29) is 11.8 Å². The summed E-state index contributed by atoms with van der Waals surface area (Å²) in [4.78, 5) is 18.1. The van der Waals surface area contributed by atoms with Crippen molar-refractivity contribution in [2.24, 2.45) is 5.92 Å². The maximum Gasteiger partial charge on any atom is 0.229 e. The second-order valence-corrected chi connectivity index (χ2v) is 4.99. The van der Waals surface area contributed by atoms with E-state index in [2.05, 4.69) is 10.1 Å². The molecule has 0 spiro atoms. The first-order valence-electron chi connectivity index (χ1n) is 6.82. The SMILES string of the molecule is CCN(C(=O)C(C)C)c1cn(-c2cccnc2)nc1C. The second kappa shape index (κ2) is 5.86. The average molecular weight is 272 g/mol. The van der Waals surface area contributed by atoms with Gasteiger partial charge in [0.1, 0.15) is 0 Å². The molecule has 5 heteroatoms. The highest BCUT2D eigenvalue weighted by atomic mass is 16.2. The van der Waals surface area contributed by atoms with Crippen LogP contribution >= 0.6 is 0 Å². The maximum absolute atomic E-state index is 12.2. The fraction of sp³-hybridized carbons (Fsp3) is 0.400. The van der Waals surface area contributed by atoms with Crippen LogP contribution in [0.15, 0.2) is 30.7 Å². The zero-order chi connectivity index (χ0) is 14.7. The van der Waals surface area contributed by atoms with E-state index < -0.39 is 0 Å². The predicted octanol–water partition coefficient (Wildman–Crippen LogP) is 2.58. The van der Waals surface area contributed by atoms with Crippen LogP contribution in [0.2, 0.25) is 0 Å². The molecule has 0 aliphatic carbocycles. The normalized spacial score (nSPS) is 10.8. The molecule has 0 N–H and O–H groups in total. The molecule has 0 aliphatic heterocycles. The number of rotatable bonds is 4. The van der Waals surface area contributed by atoms with Gasteiger partial charge in [0.15, 0.2) is 0 Å². The van der Waals surface area contributed by atoms with Crippen LogP contribution in [0.5, 0.6) is 0 Å². The molecule has 0 saturated heterocycles. The number of hydrogen-bond acceptors (Lipinski definition) is 3. The molecule has 0 saturated carbocycles. The lowest BCUT2D eigenvalue weighted by Crippen LogP contribution is -2.34. The summed E-state index contributed by atoms with van der Waals surface area (Å²) in [6, 6.07) is 3.80. The number of hydrogen-bond donors (Lipinski definition) is 0. The Labute approximate surface area is 119 Å². The highest BCUT2D eigenvalue weighted by Crippen LogP contribution is 2.22. The average Bonchev–Trinajstić information content (AvgIpc) is 2.83. The van der Waals surface area contributed by atoms with Gasteiger partial charge in [0.25, 0.3) is 0 Å². The van der Waals surface area contributed by atoms with Crippen LogP contribution in [0.1, 0.15) is 26.5 Å². The molecule has 106 valence electrons. The molecule has 0 unspecified atom stereocenters. The molecule has 0 fully saturated rings. The third-order valence-corrected chi connectivity index (χ3v) is 3.15. The zero-order valence-corrected chi connectivity index (χ0v) is 12.4. The van der Waals surface area contributed by atoms with Gasteiger partial charge in [-0.25, -0.2) is 4.68 Å². The van der Waals surface area contributed by atoms with Gasteiger partial charge in [-0.1, -0.05) is 13.8 Å². The van der Waals surface area contributed by atoms with Crippen molar-refractivity contribution in [3.8, 4) is 5.69 Å². The van der Waals surface area contributed by atoms with Gasteiger partial charge in [0.2, 0.25) is 5.91 Å². The van der Waals surface area contributed by atoms with E-state index in [0.29, 0.717) is 6.54 Å². The lowest BCUT2D eigenvalue weighted by molar-refractivity contribution is -0.121. The second-order valence-electron chi connectivity index (χ2n) is 4.99. The number of nitrogens with zero attached hydrogens (tertiary/aromatic N) is 4. The number of aryl methyl sites for hydroxylation is 1. The van der Waals surface area contributed by atoms with Crippen molar-refractivity contribution >= 4 is 11.6 Å². The molecule has 2 heterocycles. The van der Waals surface area contributed by atoms with Crippen molar-refractivity contribution in [1.82, 2.24) is 14.8 Å². The molecular weight excluding hydrogens is 252 g/mol. The molecule has 0 atom stereocenters. The molecule has 0 aromatic carbocycles. The van der Waals surface area contributed by atoms with E-state index in [1.54, 1.807) is 22.0 Å². The summed E-state index contributed by atoms with van der Waals surface area (Å²) in [5.74, 6) is 0.0810. The summed E-state index contributed by atoms with van der Waals surface area (Å²) >= 11 is 0. The van der Waals surface area contributed by atoms with Crippen LogP contribution < -0.4 is 4.90 Å². The molecule has 5 nitrogen and oxygen atoms in total. The minimum absolute atomic E-state index is 0.0314. The first-order chi connectivity index (χ1) is 9.54. The van der Waals surface area contributed by atoms with Gasteiger partial charge < -0.3 is 4.90 Å². The van der Waals surface area contributed by atoms with Crippen LogP contribution in [0.3, 0.4) is 0 Å². The summed E-state index contributed by atoms with van der Waals surface area (Å²) in [5, 5.41) is 4.47. The highest BCUT2D eigenvalue weighted by molar-refractivity contribution is 5.95. The van der Waals surface area contributed by atoms with Crippen LogP contribution in [0.4, 0.5) is 5.69 Å². The standard InChI is InChI=1S/C15H20N4O/c1-5-18(15(20)11(2)3)14-10-19(17-12(14)4)13-7-6-8-16-9-13/h6-11H,5H2,1-4H3. The predicted molar refractivity (Wildman–Crippen MR) is 79.0 cm³/mol. The molecule has 1 amide bonds. The maximum atomic E-state index is 12.2. The Morgan fingerprint density at radius 1 is 1.45 bits per heavy atom. The molecule has 0 bridgehead atoms. The molecule has 2 rings (SSSR count). The van der Waals surface area contributed by atoms with Crippen molar-refractivity contribution in [3.05, 3.63) is 36.4 Å². The van der Waals surface area contributed by atoms with Gasteiger partial charge in [-0.15, -0.1) is 0 Å². The zero-order valence-electron chi connectivity index (χ0n) is 12.4. The lowest BCUT2D eigenvalue weighted by Gasteiger charge is -2.21. The third kappa shape index (κ3) is 2.71. The summed E-state index contributed by atoms with van der Waals surface area (Å²) < 4.78 is 1.76. The van der Waals surface area contributed by atoms with Crippen molar-refractivity contribution in [1.29, 1.82) is 0 Å². The van der Waals surface area contributed by atoms with Crippen molar-refractivity contribution in [3.63, 3.8) is 0 Å². The first kappa shape index (κ1) is 14.2. The van der Waals surface area contributed by atoms with Gasteiger partial charge in [-0.2, -0.15) is 5.10 Å². The Morgan fingerprint density at radius 3 is 2.75 bits per heavy atom. The van der Waals surface area contributed by atoms with E-state index in [9.17, 15) is 4.79 Å². The minimum Gasteiger partial charge on any atom is -0.309 e. The third-order valence-electron chi connectivity index (χ3n) is 3.15. The minimum atomic E-state index is -0.0314. The van der Waals surface area contributed by atoms with Gasteiger partial charge in [0.05, 0.1) is 29.5 Å². The largest absolute Gasteiger partial charge is 0.309 e. The van der Waals surface area contributed by atoms with Crippen molar-refractivity contribution < 1.29 is 4.79 Å². The number of pyridine rings is 1. The molecule has 20 heavy (non-hydrogen) atoms. The monoisotopic (exact) mass is 272 g/mol. The Morgan fingerprint density at radius 2 is 2.20 bits per heavy atom. The molecular formula is C15H20N4O. The van der Waals surface area contributed by atoms with Crippen LogP contribution in [-0.4, -0.2) is 27.2 Å². The topological polar surface area (TPSA) is 51.0 Å². The Balaban J connectivity index is 2.38. The summed E-state index contributed by atoms with van der Waals surface area (Å²) in [7, 11) is 0. The number of carbonyl (C=O) groups excluding carboxylic acids is 1. The van der Waals surface area contributed by atoms with Gasteiger partial charge in [0, 0.05) is 18.7 Å². The van der Waals surface area contributed by atoms with E-state index in [1.807, 2.05) is 46.0 Å². The van der Waals surface area contributed by atoms with Crippen LogP contribution in [0.25, 0.3) is 5.69 Å². The Bertz CT molecular complexity index is 589. The van der Waals surface area contributed by atoms with Crippen molar-refractivity contribution in [2.45, 2.75) is 27.7 Å². The summed E-state index contributed by atoms with van der Waals surface area (Å²) in [6.45, 7) is 8.34. The number of aromatic nitrogens is 3. The number of amides is 1.